The van der Waals surface area contributed by atoms with Gasteiger partial charge in [0.1, 0.15) is 0 Å². The standard InChI is InChI=1S/C14H14Br2N2/c15-11-8-7-10(14(18)13(11)16)6-5-9-3-1-2-4-12(9)17/h1-4,7-8H,5-6,17-18H2. The van der Waals surface area contributed by atoms with Crippen LogP contribution in [0.4, 0.5) is 11.4 Å². The summed E-state index contributed by atoms with van der Waals surface area (Å²) >= 11 is 6.92. The molecule has 18 heavy (non-hydrogen) atoms. The number of para-hydroxylation sites is 1. The fourth-order valence-electron chi connectivity index (χ4n) is 1.86. The molecular weight excluding hydrogens is 356 g/mol. The number of nitrogen functional groups attached to an aromatic ring is 2. The van der Waals surface area contributed by atoms with Crippen LogP contribution in [0.2, 0.25) is 0 Å². The Morgan fingerprint density at radius 2 is 1.50 bits per heavy atom. The Morgan fingerprint density at radius 3 is 2.22 bits per heavy atom. The van der Waals surface area contributed by atoms with Crippen molar-refractivity contribution < 1.29 is 0 Å². The molecule has 2 aromatic carbocycles. The maximum absolute atomic E-state index is 6.08. The van der Waals surface area contributed by atoms with Crippen molar-refractivity contribution in [3.63, 3.8) is 0 Å². The summed E-state index contributed by atoms with van der Waals surface area (Å²) in [5.74, 6) is 0. The molecule has 0 fully saturated rings. The van der Waals surface area contributed by atoms with Crippen LogP contribution in [-0.2, 0) is 12.8 Å². The number of hydrogen-bond acceptors (Lipinski definition) is 2. The van der Waals surface area contributed by atoms with Gasteiger partial charge in [-0.15, -0.1) is 0 Å². The quantitative estimate of drug-likeness (QED) is 0.798. The van der Waals surface area contributed by atoms with Gasteiger partial charge in [0.05, 0.1) is 10.2 Å². The fraction of sp³-hybridized carbons (Fsp3) is 0.143. The number of nitrogens with two attached hydrogens (primary N) is 2. The van der Waals surface area contributed by atoms with Crippen LogP contribution in [-0.4, -0.2) is 0 Å². The average Bonchev–Trinajstić information content (AvgIpc) is 2.37. The molecule has 2 nitrogen and oxygen atoms in total. The Labute approximate surface area is 124 Å². The lowest BCUT2D eigenvalue weighted by Crippen LogP contribution is -2.00. The molecule has 0 saturated heterocycles. The van der Waals surface area contributed by atoms with E-state index < -0.39 is 0 Å². The van der Waals surface area contributed by atoms with Crippen molar-refractivity contribution in [2.75, 3.05) is 11.5 Å². The predicted octanol–water partition coefficient (Wildman–Crippen LogP) is 4.16. The summed E-state index contributed by atoms with van der Waals surface area (Å²) in [5, 5.41) is 0. The van der Waals surface area contributed by atoms with Crippen molar-refractivity contribution in [2.24, 2.45) is 0 Å². The van der Waals surface area contributed by atoms with Crippen LogP contribution in [0.5, 0.6) is 0 Å². The lowest BCUT2D eigenvalue weighted by molar-refractivity contribution is 0.964. The first-order chi connectivity index (χ1) is 8.59. The summed E-state index contributed by atoms with van der Waals surface area (Å²) in [6, 6.07) is 12.0. The lowest BCUT2D eigenvalue weighted by Gasteiger charge is -2.10. The summed E-state index contributed by atoms with van der Waals surface area (Å²) in [5.41, 5.74) is 15.9. The first-order valence-corrected chi connectivity index (χ1v) is 7.24. The molecule has 0 aliphatic rings. The van der Waals surface area contributed by atoms with Gasteiger partial charge in [-0.25, -0.2) is 0 Å². The second kappa shape index (κ2) is 5.76. The van der Waals surface area contributed by atoms with Crippen molar-refractivity contribution >= 4 is 43.2 Å². The van der Waals surface area contributed by atoms with E-state index >= 15 is 0 Å². The van der Waals surface area contributed by atoms with Crippen LogP contribution >= 0.6 is 31.9 Å². The SMILES string of the molecule is Nc1ccccc1CCc1ccc(Br)c(Br)c1N. The normalized spacial score (nSPS) is 10.6. The molecule has 0 heterocycles. The molecule has 4 N–H and O–H groups in total. The maximum Gasteiger partial charge on any atom is 0.0549 e. The minimum absolute atomic E-state index is 0.791. The zero-order valence-electron chi connectivity index (χ0n) is 9.79. The maximum atomic E-state index is 6.08. The van der Waals surface area contributed by atoms with Gasteiger partial charge >= 0.3 is 0 Å². The molecule has 0 aliphatic carbocycles. The van der Waals surface area contributed by atoms with Crippen molar-refractivity contribution in [1.29, 1.82) is 0 Å². The predicted molar refractivity (Wildman–Crippen MR) is 84.5 cm³/mol. The van der Waals surface area contributed by atoms with Gasteiger partial charge in [-0.3, -0.25) is 0 Å². The molecule has 0 amide bonds. The fourth-order valence-corrected chi connectivity index (χ4v) is 2.59. The Balaban J connectivity index is 2.17. The number of aryl methyl sites for hydroxylation is 2. The molecule has 2 aromatic rings. The highest BCUT2D eigenvalue weighted by atomic mass is 79.9. The molecule has 0 bridgehead atoms. The van der Waals surface area contributed by atoms with Gasteiger partial charge in [0, 0.05) is 10.2 Å². The molecule has 4 heteroatoms. The largest absolute Gasteiger partial charge is 0.399 e. The third-order valence-corrected chi connectivity index (χ3v) is 4.99. The van der Waals surface area contributed by atoms with Gasteiger partial charge in [-0.1, -0.05) is 24.3 Å². The molecule has 0 spiro atoms. The van der Waals surface area contributed by atoms with E-state index in [1.807, 2.05) is 30.3 Å². The van der Waals surface area contributed by atoms with Crippen LogP contribution in [0.15, 0.2) is 45.3 Å². The van der Waals surface area contributed by atoms with Crippen LogP contribution in [0.3, 0.4) is 0 Å². The van der Waals surface area contributed by atoms with E-state index in [4.69, 9.17) is 11.5 Å². The molecular formula is C14H14Br2N2. The average molecular weight is 370 g/mol. The van der Waals surface area contributed by atoms with Gasteiger partial charge in [-0.05, 0) is 68.0 Å². The van der Waals surface area contributed by atoms with E-state index in [0.29, 0.717) is 0 Å². The van der Waals surface area contributed by atoms with Crippen molar-refractivity contribution in [2.45, 2.75) is 12.8 Å². The van der Waals surface area contributed by atoms with Crippen LogP contribution in [0.1, 0.15) is 11.1 Å². The number of halogens is 2. The summed E-state index contributed by atoms with van der Waals surface area (Å²) in [7, 11) is 0. The number of hydrogen-bond donors (Lipinski definition) is 2. The molecule has 0 saturated carbocycles. The monoisotopic (exact) mass is 368 g/mol. The Morgan fingerprint density at radius 1 is 0.833 bits per heavy atom. The molecule has 0 aliphatic heterocycles. The van der Waals surface area contributed by atoms with E-state index in [1.165, 1.54) is 0 Å². The minimum atomic E-state index is 0.791. The lowest BCUT2D eigenvalue weighted by atomic mass is 10.0. The molecule has 0 atom stereocenters. The van der Waals surface area contributed by atoms with Gasteiger partial charge in [-0.2, -0.15) is 0 Å². The molecule has 0 unspecified atom stereocenters. The summed E-state index contributed by atoms with van der Waals surface area (Å²) in [6.45, 7) is 0. The van der Waals surface area contributed by atoms with Gasteiger partial charge in [0.25, 0.3) is 0 Å². The highest BCUT2D eigenvalue weighted by molar-refractivity contribution is 9.13. The summed E-state index contributed by atoms with van der Waals surface area (Å²) in [4.78, 5) is 0. The number of rotatable bonds is 3. The summed E-state index contributed by atoms with van der Waals surface area (Å²) < 4.78 is 1.89. The zero-order valence-corrected chi connectivity index (χ0v) is 13.0. The van der Waals surface area contributed by atoms with Crippen LogP contribution < -0.4 is 11.5 Å². The smallest absolute Gasteiger partial charge is 0.0549 e. The first-order valence-electron chi connectivity index (χ1n) is 5.65. The van der Waals surface area contributed by atoms with Crippen LogP contribution in [0, 0.1) is 0 Å². The topological polar surface area (TPSA) is 52.0 Å². The van der Waals surface area contributed by atoms with Crippen molar-refractivity contribution in [1.82, 2.24) is 0 Å². The zero-order chi connectivity index (χ0) is 13.1. The molecule has 2 rings (SSSR count). The Hall–Kier alpha value is -1.00. The number of benzene rings is 2. The summed E-state index contributed by atoms with van der Waals surface area (Å²) in [6.07, 6.45) is 1.77. The molecule has 0 radical (unpaired) electrons. The van der Waals surface area contributed by atoms with Gasteiger partial charge < -0.3 is 11.5 Å². The minimum Gasteiger partial charge on any atom is -0.399 e. The molecule has 94 valence electrons. The Bertz CT molecular complexity index is 568. The second-order valence-electron chi connectivity index (χ2n) is 4.13. The van der Waals surface area contributed by atoms with E-state index in [2.05, 4.69) is 37.9 Å². The second-order valence-corrected chi connectivity index (χ2v) is 5.78. The Kier molecular flexibility index (Phi) is 4.30. The third kappa shape index (κ3) is 2.87. The van der Waals surface area contributed by atoms with Gasteiger partial charge in [0.2, 0.25) is 0 Å². The van der Waals surface area contributed by atoms with Crippen molar-refractivity contribution in [3.8, 4) is 0 Å². The van der Waals surface area contributed by atoms with E-state index in [0.717, 1.165) is 44.3 Å². The first kappa shape index (κ1) is 13.4. The van der Waals surface area contributed by atoms with E-state index in [1.54, 1.807) is 0 Å². The van der Waals surface area contributed by atoms with E-state index in [-0.39, 0.29) is 0 Å². The van der Waals surface area contributed by atoms with Crippen LogP contribution in [0.25, 0.3) is 0 Å². The van der Waals surface area contributed by atoms with Gasteiger partial charge in [0.15, 0.2) is 0 Å². The molecule has 0 aromatic heterocycles. The van der Waals surface area contributed by atoms with Crippen molar-refractivity contribution in [3.05, 3.63) is 56.5 Å². The number of anilines is 2. The highest BCUT2D eigenvalue weighted by Gasteiger charge is 2.07. The van der Waals surface area contributed by atoms with E-state index in [9.17, 15) is 0 Å². The third-order valence-electron chi connectivity index (χ3n) is 2.94. The highest BCUT2D eigenvalue weighted by Crippen LogP contribution is 2.32.